The lowest BCUT2D eigenvalue weighted by molar-refractivity contribution is -0.122. The molecular formula is C10H18N2O. The van der Waals surface area contributed by atoms with Crippen molar-refractivity contribution in [3.8, 4) is 0 Å². The first-order valence-corrected chi connectivity index (χ1v) is 5.31. The molecule has 0 radical (unpaired) electrons. The van der Waals surface area contributed by atoms with Gasteiger partial charge in [0.25, 0.3) is 0 Å². The molecule has 0 saturated carbocycles. The third-order valence-corrected chi connectivity index (χ3v) is 3.32. The molecular weight excluding hydrogens is 164 g/mol. The van der Waals surface area contributed by atoms with Crippen molar-refractivity contribution >= 4 is 5.91 Å². The third kappa shape index (κ3) is 1.85. The van der Waals surface area contributed by atoms with E-state index < -0.39 is 0 Å². The van der Waals surface area contributed by atoms with E-state index in [1.807, 2.05) is 6.92 Å². The maximum Gasteiger partial charge on any atom is 0.219 e. The molecule has 1 N–H and O–H groups in total. The number of piperidine rings is 3. The molecule has 0 spiro atoms. The monoisotopic (exact) mass is 182 g/mol. The minimum Gasteiger partial charge on any atom is -0.352 e. The standard InChI is InChI=1S/C10H18N2O/c1-2-10(13)11-9-7-12-5-3-8(9)4-6-12/h8-9H,2-7H2,1H3,(H,11,13)/t9-/m0/s1. The summed E-state index contributed by atoms with van der Waals surface area (Å²) in [6.45, 7) is 5.47. The molecule has 2 bridgehead atoms. The molecule has 1 atom stereocenters. The summed E-state index contributed by atoms with van der Waals surface area (Å²) >= 11 is 0. The maximum absolute atomic E-state index is 11.2. The number of amides is 1. The number of fused-ring (bicyclic) bond motifs is 3. The van der Waals surface area contributed by atoms with Gasteiger partial charge in [0.2, 0.25) is 5.91 Å². The Morgan fingerprint density at radius 3 is 2.62 bits per heavy atom. The van der Waals surface area contributed by atoms with Gasteiger partial charge in [0.1, 0.15) is 0 Å². The highest BCUT2D eigenvalue weighted by atomic mass is 16.1. The van der Waals surface area contributed by atoms with Crippen molar-refractivity contribution < 1.29 is 4.79 Å². The predicted octanol–water partition coefficient (Wildman–Crippen LogP) is 0.607. The Balaban J connectivity index is 1.90. The molecule has 3 aliphatic rings. The Morgan fingerprint density at radius 2 is 2.15 bits per heavy atom. The van der Waals surface area contributed by atoms with E-state index in [1.165, 1.54) is 25.9 Å². The minimum atomic E-state index is 0.207. The van der Waals surface area contributed by atoms with Gasteiger partial charge in [0.15, 0.2) is 0 Å². The average molecular weight is 182 g/mol. The first-order valence-electron chi connectivity index (χ1n) is 5.31. The van der Waals surface area contributed by atoms with Gasteiger partial charge >= 0.3 is 0 Å². The molecule has 74 valence electrons. The Morgan fingerprint density at radius 1 is 1.46 bits per heavy atom. The van der Waals surface area contributed by atoms with Crippen LogP contribution in [0.15, 0.2) is 0 Å². The molecule has 3 rings (SSSR count). The van der Waals surface area contributed by atoms with Crippen molar-refractivity contribution in [3.63, 3.8) is 0 Å². The van der Waals surface area contributed by atoms with Crippen LogP contribution in [-0.4, -0.2) is 36.5 Å². The second kappa shape index (κ2) is 3.66. The van der Waals surface area contributed by atoms with Crippen LogP contribution in [0, 0.1) is 5.92 Å². The van der Waals surface area contributed by atoms with Crippen LogP contribution >= 0.6 is 0 Å². The van der Waals surface area contributed by atoms with Gasteiger partial charge in [-0.05, 0) is 31.8 Å². The molecule has 3 heteroatoms. The highest BCUT2D eigenvalue weighted by molar-refractivity contribution is 5.75. The molecule has 3 saturated heterocycles. The van der Waals surface area contributed by atoms with E-state index in [4.69, 9.17) is 0 Å². The zero-order valence-electron chi connectivity index (χ0n) is 8.25. The molecule has 13 heavy (non-hydrogen) atoms. The lowest BCUT2D eigenvalue weighted by Crippen LogP contribution is -2.57. The molecule has 0 unspecified atom stereocenters. The number of nitrogens with zero attached hydrogens (tertiary/aromatic N) is 1. The van der Waals surface area contributed by atoms with Crippen molar-refractivity contribution in [3.05, 3.63) is 0 Å². The number of hydrogen-bond acceptors (Lipinski definition) is 2. The summed E-state index contributed by atoms with van der Waals surface area (Å²) in [7, 11) is 0. The van der Waals surface area contributed by atoms with Crippen LogP contribution in [0.3, 0.4) is 0 Å². The SMILES string of the molecule is CCC(=O)N[C@H]1CN2CCC1CC2. The third-order valence-electron chi connectivity index (χ3n) is 3.32. The summed E-state index contributed by atoms with van der Waals surface area (Å²) in [5, 5.41) is 3.12. The maximum atomic E-state index is 11.2. The van der Waals surface area contributed by atoms with E-state index >= 15 is 0 Å². The Labute approximate surface area is 79.5 Å². The molecule has 0 aromatic heterocycles. The van der Waals surface area contributed by atoms with Gasteiger partial charge in [0, 0.05) is 19.0 Å². The number of rotatable bonds is 2. The van der Waals surface area contributed by atoms with Crippen molar-refractivity contribution in [1.29, 1.82) is 0 Å². The summed E-state index contributed by atoms with van der Waals surface area (Å²) in [5.41, 5.74) is 0. The van der Waals surface area contributed by atoms with E-state index in [0.29, 0.717) is 12.5 Å². The topological polar surface area (TPSA) is 32.3 Å². The number of nitrogens with one attached hydrogen (secondary N) is 1. The molecule has 0 aromatic rings. The predicted molar refractivity (Wildman–Crippen MR) is 51.4 cm³/mol. The minimum absolute atomic E-state index is 0.207. The Hall–Kier alpha value is -0.570. The van der Waals surface area contributed by atoms with Crippen molar-refractivity contribution in [1.82, 2.24) is 10.2 Å². The fraction of sp³-hybridized carbons (Fsp3) is 0.900. The van der Waals surface area contributed by atoms with Gasteiger partial charge in [-0.1, -0.05) is 6.92 Å². The quantitative estimate of drug-likeness (QED) is 0.678. The van der Waals surface area contributed by atoms with Gasteiger partial charge in [-0.15, -0.1) is 0 Å². The van der Waals surface area contributed by atoms with E-state index in [1.54, 1.807) is 0 Å². The smallest absolute Gasteiger partial charge is 0.219 e. The summed E-state index contributed by atoms with van der Waals surface area (Å²) in [4.78, 5) is 13.7. The van der Waals surface area contributed by atoms with Crippen LogP contribution in [0.5, 0.6) is 0 Å². The van der Waals surface area contributed by atoms with Crippen LogP contribution in [0.4, 0.5) is 0 Å². The van der Waals surface area contributed by atoms with Crippen LogP contribution in [0.1, 0.15) is 26.2 Å². The number of carbonyl (C=O) groups excluding carboxylic acids is 1. The molecule has 3 heterocycles. The normalized spacial score (nSPS) is 37.5. The van der Waals surface area contributed by atoms with E-state index in [-0.39, 0.29) is 5.91 Å². The fourth-order valence-corrected chi connectivity index (χ4v) is 2.44. The van der Waals surface area contributed by atoms with Crippen LogP contribution in [0.2, 0.25) is 0 Å². The fourth-order valence-electron chi connectivity index (χ4n) is 2.44. The zero-order valence-corrected chi connectivity index (χ0v) is 8.25. The first kappa shape index (κ1) is 9.00. The largest absolute Gasteiger partial charge is 0.352 e. The molecule has 3 aliphatic heterocycles. The van der Waals surface area contributed by atoms with E-state index in [2.05, 4.69) is 10.2 Å². The molecule has 0 aromatic carbocycles. The summed E-state index contributed by atoms with van der Waals surface area (Å²) < 4.78 is 0. The van der Waals surface area contributed by atoms with E-state index in [0.717, 1.165) is 12.5 Å². The first-order chi connectivity index (χ1) is 6.29. The molecule has 1 amide bonds. The molecule has 0 aliphatic carbocycles. The van der Waals surface area contributed by atoms with Gasteiger partial charge in [-0.2, -0.15) is 0 Å². The Kier molecular flexibility index (Phi) is 2.54. The average Bonchev–Trinajstić information content (AvgIpc) is 2.19. The highest BCUT2D eigenvalue weighted by Gasteiger charge is 2.34. The van der Waals surface area contributed by atoms with Crippen molar-refractivity contribution in [2.45, 2.75) is 32.2 Å². The van der Waals surface area contributed by atoms with Gasteiger partial charge in [0.05, 0.1) is 0 Å². The number of carbonyl (C=O) groups is 1. The lowest BCUT2D eigenvalue weighted by atomic mass is 9.84. The second-order valence-corrected chi connectivity index (χ2v) is 4.17. The lowest BCUT2D eigenvalue weighted by Gasteiger charge is -2.44. The summed E-state index contributed by atoms with van der Waals surface area (Å²) in [6, 6.07) is 0.440. The summed E-state index contributed by atoms with van der Waals surface area (Å²) in [5.74, 6) is 0.958. The summed E-state index contributed by atoms with van der Waals surface area (Å²) in [6.07, 6.45) is 3.16. The van der Waals surface area contributed by atoms with Gasteiger partial charge in [-0.25, -0.2) is 0 Å². The van der Waals surface area contributed by atoms with Crippen molar-refractivity contribution in [2.75, 3.05) is 19.6 Å². The van der Waals surface area contributed by atoms with Gasteiger partial charge in [-0.3, -0.25) is 4.79 Å². The molecule has 3 nitrogen and oxygen atoms in total. The highest BCUT2D eigenvalue weighted by Crippen LogP contribution is 2.27. The van der Waals surface area contributed by atoms with Crippen molar-refractivity contribution in [2.24, 2.45) is 5.92 Å². The number of hydrogen-bond donors (Lipinski definition) is 1. The Bertz CT molecular complexity index is 197. The van der Waals surface area contributed by atoms with Crippen LogP contribution in [-0.2, 0) is 4.79 Å². The second-order valence-electron chi connectivity index (χ2n) is 4.17. The zero-order chi connectivity index (χ0) is 9.26. The van der Waals surface area contributed by atoms with Gasteiger partial charge < -0.3 is 10.2 Å². The van der Waals surface area contributed by atoms with E-state index in [9.17, 15) is 4.79 Å². The van der Waals surface area contributed by atoms with Crippen LogP contribution < -0.4 is 5.32 Å². The van der Waals surface area contributed by atoms with Crippen LogP contribution in [0.25, 0.3) is 0 Å². The molecule has 3 fully saturated rings.